The summed E-state index contributed by atoms with van der Waals surface area (Å²) in [5.74, 6) is -0.894. The number of aliphatic hydroxyl groups is 1. The zero-order chi connectivity index (χ0) is 25.3. The van der Waals surface area contributed by atoms with E-state index < -0.39 is 34.6 Å². The lowest BCUT2D eigenvalue weighted by Gasteiger charge is -2.67. The molecule has 7 atom stereocenters. The van der Waals surface area contributed by atoms with Crippen molar-refractivity contribution >= 4 is 16.7 Å². The van der Waals surface area contributed by atoms with Gasteiger partial charge < -0.3 is 24.3 Å². The third kappa shape index (κ3) is 2.41. The largest absolute Gasteiger partial charge is 0.382 e. The molecule has 1 unspecified atom stereocenters. The van der Waals surface area contributed by atoms with Crippen LogP contribution in [0.3, 0.4) is 0 Å². The monoisotopic (exact) mass is 491 g/mol. The summed E-state index contributed by atoms with van der Waals surface area (Å²) in [7, 11) is 0. The second-order valence-electron chi connectivity index (χ2n) is 12.7. The highest BCUT2D eigenvalue weighted by Crippen LogP contribution is 2.72. The van der Waals surface area contributed by atoms with Crippen LogP contribution in [0.5, 0.6) is 0 Å². The van der Waals surface area contributed by atoms with Crippen molar-refractivity contribution in [1.82, 2.24) is 4.98 Å². The highest BCUT2D eigenvalue weighted by Gasteiger charge is 2.77. The lowest BCUT2D eigenvalue weighted by molar-refractivity contribution is -0.280. The summed E-state index contributed by atoms with van der Waals surface area (Å²) in [6, 6.07) is 8.50. The fourth-order valence-corrected chi connectivity index (χ4v) is 8.85. The third-order valence-electron chi connectivity index (χ3n) is 10.8. The summed E-state index contributed by atoms with van der Waals surface area (Å²) in [4.78, 5) is 17.1. The topological polar surface area (TPSA) is 80.8 Å². The van der Waals surface area contributed by atoms with Crippen LogP contribution >= 0.6 is 0 Å². The van der Waals surface area contributed by atoms with Gasteiger partial charge in [-0.3, -0.25) is 4.79 Å². The van der Waals surface area contributed by atoms with Gasteiger partial charge in [0.15, 0.2) is 17.7 Å². The van der Waals surface area contributed by atoms with E-state index in [0.29, 0.717) is 37.4 Å². The van der Waals surface area contributed by atoms with E-state index in [1.165, 1.54) is 16.6 Å². The van der Waals surface area contributed by atoms with Gasteiger partial charge in [0.1, 0.15) is 11.2 Å². The SMILES string of the molecule is CCCO[C@H]1C[C@H]2Cc3c([nH]c4ccccc34)[C@]2(C)C2(C)CC[C@@]34O[C@@H](C(=O)C=C3[C@]12O)C(C)(C)O4. The molecule has 6 heteroatoms. The molecule has 3 aliphatic carbocycles. The molecule has 7 rings (SSSR count). The highest BCUT2D eigenvalue weighted by molar-refractivity contribution is 5.97. The number of ether oxygens (including phenoxy) is 3. The number of fused-ring (bicyclic) bond motifs is 9. The molecule has 2 aliphatic heterocycles. The van der Waals surface area contributed by atoms with Crippen LogP contribution in [0.25, 0.3) is 10.9 Å². The Balaban J connectivity index is 1.45. The van der Waals surface area contributed by atoms with Gasteiger partial charge in [-0.25, -0.2) is 0 Å². The molecule has 36 heavy (non-hydrogen) atoms. The molecule has 0 amide bonds. The molecule has 1 aromatic heterocycles. The minimum atomic E-state index is -1.41. The molecule has 2 bridgehead atoms. The quantitative estimate of drug-likeness (QED) is 0.649. The number of aromatic amines is 1. The molecule has 3 heterocycles. The molecule has 0 radical (unpaired) electrons. The number of nitrogens with one attached hydrogen (secondary N) is 1. The van der Waals surface area contributed by atoms with Crippen LogP contribution in [0.4, 0.5) is 0 Å². The molecule has 1 spiro atoms. The van der Waals surface area contributed by atoms with Crippen molar-refractivity contribution in [2.24, 2.45) is 11.3 Å². The predicted molar refractivity (Wildman–Crippen MR) is 136 cm³/mol. The van der Waals surface area contributed by atoms with Crippen LogP contribution < -0.4 is 0 Å². The molecule has 2 N–H and O–H groups in total. The number of rotatable bonds is 3. The molecule has 2 aromatic rings. The molecule has 2 saturated carbocycles. The fraction of sp³-hybridized carbons (Fsp3) is 0.633. The summed E-state index contributed by atoms with van der Waals surface area (Å²) in [5.41, 5.74) is 1.21. The van der Waals surface area contributed by atoms with Crippen LogP contribution in [0, 0.1) is 11.3 Å². The molecule has 1 aromatic carbocycles. The minimum absolute atomic E-state index is 0.125. The number of ketones is 1. The third-order valence-corrected chi connectivity index (χ3v) is 10.8. The normalized spacial score (nSPS) is 44.1. The highest BCUT2D eigenvalue weighted by atomic mass is 16.8. The van der Waals surface area contributed by atoms with Crippen molar-refractivity contribution in [1.29, 1.82) is 0 Å². The van der Waals surface area contributed by atoms with Gasteiger partial charge in [-0.15, -0.1) is 0 Å². The first-order valence-corrected chi connectivity index (χ1v) is 13.6. The van der Waals surface area contributed by atoms with E-state index in [1.54, 1.807) is 6.08 Å². The Morgan fingerprint density at radius 2 is 1.94 bits per heavy atom. The predicted octanol–water partition coefficient (Wildman–Crippen LogP) is 4.73. The number of carbonyl (C=O) groups is 1. The average Bonchev–Trinajstić information content (AvgIpc) is 3.42. The van der Waals surface area contributed by atoms with Crippen LogP contribution in [0.2, 0.25) is 0 Å². The van der Waals surface area contributed by atoms with Gasteiger partial charge in [-0.1, -0.05) is 39.0 Å². The van der Waals surface area contributed by atoms with Gasteiger partial charge in [-0.2, -0.15) is 0 Å². The number of carbonyl (C=O) groups excluding carboxylic acids is 1. The zero-order valence-corrected chi connectivity index (χ0v) is 21.9. The van der Waals surface area contributed by atoms with Gasteiger partial charge in [0.25, 0.3) is 0 Å². The summed E-state index contributed by atoms with van der Waals surface area (Å²) in [5, 5.41) is 14.4. The summed E-state index contributed by atoms with van der Waals surface area (Å²) in [6.07, 6.45) is 4.40. The Hall–Kier alpha value is -1.99. The summed E-state index contributed by atoms with van der Waals surface area (Å²) < 4.78 is 19.5. The van der Waals surface area contributed by atoms with Crippen molar-refractivity contribution in [2.75, 3.05) is 6.61 Å². The zero-order valence-electron chi connectivity index (χ0n) is 21.9. The Bertz CT molecular complexity index is 1330. The number of hydrogen-bond acceptors (Lipinski definition) is 5. The van der Waals surface area contributed by atoms with Gasteiger partial charge in [0.2, 0.25) is 0 Å². The summed E-state index contributed by atoms with van der Waals surface area (Å²) in [6.45, 7) is 11.0. The van der Waals surface area contributed by atoms with Gasteiger partial charge in [0, 0.05) is 46.0 Å². The maximum atomic E-state index is 13.3. The second kappa shape index (κ2) is 6.90. The van der Waals surface area contributed by atoms with Crippen molar-refractivity contribution in [2.45, 2.75) is 101 Å². The van der Waals surface area contributed by atoms with E-state index in [1.807, 2.05) is 13.8 Å². The Morgan fingerprint density at radius 1 is 1.17 bits per heavy atom. The van der Waals surface area contributed by atoms with Crippen molar-refractivity contribution < 1.29 is 24.1 Å². The lowest BCUT2D eigenvalue weighted by Crippen LogP contribution is -2.74. The van der Waals surface area contributed by atoms with Gasteiger partial charge >= 0.3 is 0 Å². The number of aromatic nitrogens is 1. The first-order valence-electron chi connectivity index (χ1n) is 13.6. The molecular formula is C30H37NO5. The minimum Gasteiger partial charge on any atom is -0.382 e. The Kier molecular flexibility index (Phi) is 4.44. The van der Waals surface area contributed by atoms with Gasteiger partial charge in [0.05, 0.1) is 6.10 Å². The number of hydrogen-bond donors (Lipinski definition) is 2. The average molecular weight is 492 g/mol. The molecule has 1 saturated heterocycles. The maximum Gasteiger partial charge on any atom is 0.195 e. The van der Waals surface area contributed by atoms with Crippen molar-refractivity contribution in [3.63, 3.8) is 0 Å². The molecule has 5 aliphatic rings. The maximum absolute atomic E-state index is 13.3. The number of para-hydroxylation sites is 1. The lowest BCUT2D eigenvalue weighted by atomic mass is 9.41. The van der Waals surface area contributed by atoms with Crippen LogP contribution in [-0.2, 0) is 30.8 Å². The van der Waals surface area contributed by atoms with E-state index in [-0.39, 0.29) is 11.2 Å². The Labute approximate surface area is 212 Å². The fourth-order valence-electron chi connectivity index (χ4n) is 8.85. The molecule has 192 valence electrons. The van der Waals surface area contributed by atoms with Crippen LogP contribution in [0.15, 0.2) is 35.9 Å². The van der Waals surface area contributed by atoms with E-state index in [4.69, 9.17) is 14.2 Å². The Morgan fingerprint density at radius 3 is 2.72 bits per heavy atom. The first kappa shape index (κ1) is 23.2. The van der Waals surface area contributed by atoms with Crippen LogP contribution in [0.1, 0.15) is 71.6 Å². The smallest absolute Gasteiger partial charge is 0.195 e. The first-order chi connectivity index (χ1) is 17.0. The summed E-state index contributed by atoms with van der Waals surface area (Å²) >= 11 is 0. The van der Waals surface area contributed by atoms with Crippen molar-refractivity contribution in [3.8, 4) is 0 Å². The molecular weight excluding hydrogens is 454 g/mol. The van der Waals surface area contributed by atoms with E-state index in [0.717, 1.165) is 18.4 Å². The number of benzene rings is 1. The van der Waals surface area contributed by atoms with Crippen molar-refractivity contribution in [3.05, 3.63) is 47.2 Å². The van der Waals surface area contributed by atoms with E-state index >= 15 is 0 Å². The second-order valence-corrected chi connectivity index (χ2v) is 12.7. The molecule has 6 nitrogen and oxygen atoms in total. The standard InChI is InChI=1S/C30H37NO5/c1-6-13-34-23-15-17-14-19-18-9-7-8-10-20(18)31-24(19)28(17,5)27(4)11-12-29-22(30(23,27)33)16-21(32)25(35-29)26(2,3)36-29/h7-10,16-17,23,25,31,33H,6,11-15H2,1-5H3/t17-,23+,25+,27?,28-,29+,30+/m1/s1. The van der Waals surface area contributed by atoms with Gasteiger partial charge in [-0.05, 0) is 63.2 Å². The van der Waals surface area contributed by atoms with E-state index in [2.05, 4.69) is 50.0 Å². The van der Waals surface area contributed by atoms with Crippen LogP contribution in [-0.4, -0.2) is 51.7 Å². The van der Waals surface area contributed by atoms with E-state index in [9.17, 15) is 9.90 Å². The molecule has 3 fully saturated rings. The number of H-pyrrole nitrogens is 1.